The lowest BCUT2D eigenvalue weighted by atomic mass is 9.99. The van der Waals surface area contributed by atoms with Crippen molar-refractivity contribution < 1.29 is 14.2 Å². The molecule has 1 aromatic rings. The van der Waals surface area contributed by atoms with Crippen LogP contribution in [0.15, 0.2) is 18.2 Å². The molecule has 0 spiro atoms. The molecule has 1 aliphatic carbocycles. The molecule has 1 saturated carbocycles. The van der Waals surface area contributed by atoms with Crippen molar-refractivity contribution >= 4 is 0 Å². The van der Waals surface area contributed by atoms with E-state index in [9.17, 15) is 9.50 Å². The molecule has 1 N–H and O–H groups in total. The molecule has 100 valence electrons. The van der Waals surface area contributed by atoms with E-state index in [-0.39, 0.29) is 22.5 Å². The number of aliphatic hydroxyl groups is 1. The summed E-state index contributed by atoms with van der Waals surface area (Å²) >= 11 is 0. The zero-order chi connectivity index (χ0) is 13.7. The fourth-order valence-corrected chi connectivity index (χ4v) is 3.13. The summed E-state index contributed by atoms with van der Waals surface area (Å²) in [5, 5.41) is 10.4. The van der Waals surface area contributed by atoms with Crippen LogP contribution < -0.4 is 4.74 Å². The number of hydrogen-bond acceptors (Lipinski definition) is 2. The van der Waals surface area contributed by atoms with Gasteiger partial charge in [-0.2, -0.15) is 0 Å². The number of halogens is 1. The molecule has 1 atom stereocenters. The predicted octanol–water partition coefficient (Wildman–Crippen LogP) is 3.55. The van der Waals surface area contributed by atoms with Gasteiger partial charge in [0.15, 0.2) is 11.6 Å². The number of ether oxygens (including phenoxy) is 1. The third-order valence-electron chi connectivity index (χ3n) is 4.98. The molecule has 18 heavy (non-hydrogen) atoms. The van der Waals surface area contributed by atoms with Crippen molar-refractivity contribution in [1.29, 1.82) is 0 Å². The van der Waals surface area contributed by atoms with Gasteiger partial charge in [-0.1, -0.05) is 39.8 Å². The Morgan fingerprint density at radius 1 is 1.22 bits per heavy atom. The molecule has 0 saturated heterocycles. The van der Waals surface area contributed by atoms with E-state index in [1.165, 1.54) is 7.11 Å². The van der Waals surface area contributed by atoms with Crippen LogP contribution in [0, 0.1) is 22.6 Å². The largest absolute Gasteiger partial charge is 0.494 e. The fraction of sp³-hybridized carbons (Fsp3) is 0.600. The van der Waals surface area contributed by atoms with E-state index in [1.54, 1.807) is 18.2 Å². The molecule has 1 unspecified atom stereocenters. The molecule has 0 radical (unpaired) electrons. The highest BCUT2D eigenvalue weighted by Gasteiger charge is 2.67. The molecule has 0 heterocycles. The summed E-state index contributed by atoms with van der Waals surface area (Å²) in [5.41, 5.74) is 0.363. The Bertz CT molecular complexity index is 452. The molecule has 0 bridgehead atoms. The van der Waals surface area contributed by atoms with Gasteiger partial charge >= 0.3 is 0 Å². The third kappa shape index (κ3) is 1.64. The molecular weight excluding hydrogens is 231 g/mol. The molecule has 0 aromatic heterocycles. The van der Waals surface area contributed by atoms with Gasteiger partial charge in [0.05, 0.1) is 13.2 Å². The van der Waals surface area contributed by atoms with Gasteiger partial charge in [-0.3, -0.25) is 0 Å². The highest BCUT2D eigenvalue weighted by atomic mass is 19.1. The number of benzene rings is 1. The smallest absolute Gasteiger partial charge is 0.170 e. The lowest BCUT2D eigenvalue weighted by molar-refractivity contribution is 0.126. The molecular formula is C15H21FO2. The summed E-state index contributed by atoms with van der Waals surface area (Å²) in [4.78, 5) is 0. The van der Waals surface area contributed by atoms with Crippen LogP contribution in [0.2, 0.25) is 0 Å². The van der Waals surface area contributed by atoms with Crippen LogP contribution in [0.4, 0.5) is 4.39 Å². The first kappa shape index (κ1) is 13.3. The summed E-state index contributed by atoms with van der Waals surface area (Å²) in [6, 6.07) is 4.91. The Hall–Kier alpha value is -1.09. The topological polar surface area (TPSA) is 29.5 Å². The summed E-state index contributed by atoms with van der Waals surface area (Å²) in [7, 11) is 1.43. The van der Waals surface area contributed by atoms with Crippen LogP contribution in [0.1, 0.15) is 39.4 Å². The Morgan fingerprint density at radius 3 is 2.22 bits per heavy atom. The van der Waals surface area contributed by atoms with Crippen molar-refractivity contribution in [2.75, 3.05) is 7.11 Å². The van der Waals surface area contributed by atoms with Gasteiger partial charge in [0, 0.05) is 11.5 Å². The van der Waals surface area contributed by atoms with Crippen LogP contribution in [-0.4, -0.2) is 12.2 Å². The minimum Gasteiger partial charge on any atom is -0.494 e. The zero-order valence-electron chi connectivity index (χ0n) is 11.6. The SMILES string of the molecule is COc1cccc(C(O)C2C(C)(C)C2(C)C)c1F. The maximum atomic E-state index is 14.1. The molecule has 1 aromatic carbocycles. The minimum atomic E-state index is -0.787. The quantitative estimate of drug-likeness (QED) is 0.891. The molecule has 1 fully saturated rings. The van der Waals surface area contributed by atoms with Gasteiger partial charge in [-0.15, -0.1) is 0 Å². The maximum absolute atomic E-state index is 14.1. The predicted molar refractivity (Wildman–Crippen MR) is 69.0 cm³/mol. The van der Waals surface area contributed by atoms with Crippen molar-refractivity contribution in [3.8, 4) is 5.75 Å². The normalized spacial score (nSPS) is 22.6. The van der Waals surface area contributed by atoms with E-state index in [4.69, 9.17) is 4.74 Å². The van der Waals surface area contributed by atoms with E-state index in [0.29, 0.717) is 5.56 Å². The standard InChI is InChI=1S/C15H21FO2/c1-14(2)13(15(14,3)4)12(17)9-7-6-8-10(18-5)11(9)16/h6-8,12-13,17H,1-5H3. The highest BCUT2D eigenvalue weighted by Crippen LogP contribution is 2.72. The molecule has 0 aliphatic heterocycles. The second kappa shape index (κ2) is 3.95. The van der Waals surface area contributed by atoms with Crippen molar-refractivity contribution in [3.05, 3.63) is 29.6 Å². The molecule has 2 rings (SSSR count). The second-order valence-corrected chi connectivity index (χ2v) is 6.23. The van der Waals surface area contributed by atoms with Crippen LogP contribution >= 0.6 is 0 Å². The Labute approximate surface area is 108 Å². The summed E-state index contributed by atoms with van der Waals surface area (Å²) < 4.78 is 19.1. The van der Waals surface area contributed by atoms with Crippen LogP contribution in [0.25, 0.3) is 0 Å². The van der Waals surface area contributed by atoms with Crippen LogP contribution in [-0.2, 0) is 0 Å². The van der Waals surface area contributed by atoms with Gasteiger partial charge in [0.2, 0.25) is 0 Å². The minimum absolute atomic E-state index is 0.0158. The van der Waals surface area contributed by atoms with E-state index < -0.39 is 11.9 Å². The Kier molecular flexibility index (Phi) is 2.93. The van der Waals surface area contributed by atoms with Gasteiger partial charge in [0.25, 0.3) is 0 Å². The lowest BCUT2D eigenvalue weighted by Gasteiger charge is -2.15. The first-order chi connectivity index (χ1) is 8.25. The van der Waals surface area contributed by atoms with Gasteiger partial charge in [0.1, 0.15) is 0 Å². The fourth-order valence-electron chi connectivity index (χ4n) is 3.13. The van der Waals surface area contributed by atoms with E-state index >= 15 is 0 Å². The number of hydrogen-bond donors (Lipinski definition) is 1. The van der Waals surface area contributed by atoms with Gasteiger partial charge < -0.3 is 9.84 Å². The molecule has 1 aliphatic rings. The molecule has 3 heteroatoms. The summed E-state index contributed by atoms with van der Waals surface area (Å²) in [6.45, 7) is 8.44. The van der Waals surface area contributed by atoms with Crippen LogP contribution in [0.3, 0.4) is 0 Å². The summed E-state index contributed by atoms with van der Waals surface area (Å²) in [5.74, 6) is -0.208. The van der Waals surface area contributed by atoms with E-state index in [1.807, 2.05) is 0 Å². The number of aliphatic hydroxyl groups excluding tert-OH is 1. The van der Waals surface area contributed by atoms with E-state index in [2.05, 4.69) is 27.7 Å². The number of rotatable bonds is 3. The number of methoxy groups -OCH3 is 1. The van der Waals surface area contributed by atoms with Crippen molar-refractivity contribution in [1.82, 2.24) is 0 Å². The van der Waals surface area contributed by atoms with Gasteiger partial charge in [-0.25, -0.2) is 4.39 Å². The molecule has 2 nitrogen and oxygen atoms in total. The third-order valence-corrected chi connectivity index (χ3v) is 4.98. The average molecular weight is 252 g/mol. The average Bonchev–Trinajstić information content (AvgIpc) is 2.69. The molecule has 0 amide bonds. The Morgan fingerprint density at radius 2 is 1.78 bits per heavy atom. The van der Waals surface area contributed by atoms with Crippen LogP contribution in [0.5, 0.6) is 5.75 Å². The second-order valence-electron chi connectivity index (χ2n) is 6.23. The van der Waals surface area contributed by atoms with Crippen molar-refractivity contribution in [2.24, 2.45) is 16.7 Å². The van der Waals surface area contributed by atoms with Crippen molar-refractivity contribution in [3.63, 3.8) is 0 Å². The highest BCUT2D eigenvalue weighted by molar-refractivity contribution is 5.34. The monoisotopic (exact) mass is 252 g/mol. The first-order valence-electron chi connectivity index (χ1n) is 6.25. The van der Waals surface area contributed by atoms with E-state index in [0.717, 1.165) is 0 Å². The lowest BCUT2D eigenvalue weighted by Crippen LogP contribution is -2.08. The first-order valence-corrected chi connectivity index (χ1v) is 6.25. The summed E-state index contributed by atoms with van der Waals surface area (Å²) in [6.07, 6.45) is -0.787. The van der Waals surface area contributed by atoms with Gasteiger partial charge in [-0.05, 0) is 16.9 Å². The zero-order valence-corrected chi connectivity index (χ0v) is 11.6. The Balaban J connectivity index is 2.34. The maximum Gasteiger partial charge on any atom is 0.170 e. The van der Waals surface area contributed by atoms with Crippen molar-refractivity contribution in [2.45, 2.75) is 33.8 Å².